The van der Waals surface area contributed by atoms with Gasteiger partial charge in [0.2, 0.25) is 0 Å². The van der Waals surface area contributed by atoms with Crippen LogP contribution in [0.4, 0.5) is 10.5 Å². The van der Waals surface area contributed by atoms with Crippen LogP contribution in [0.1, 0.15) is 30.4 Å². The van der Waals surface area contributed by atoms with Crippen molar-refractivity contribution in [2.75, 3.05) is 38.1 Å². The van der Waals surface area contributed by atoms with Gasteiger partial charge in [-0.25, -0.2) is 4.79 Å². The lowest BCUT2D eigenvalue weighted by molar-refractivity contribution is -0.110. The Morgan fingerprint density at radius 2 is 2.00 bits per heavy atom. The first-order valence-electron chi connectivity index (χ1n) is 10.7. The van der Waals surface area contributed by atoms with Crippen LogP contribution in [0.15, 0.2) is 41.0 Å². The van der Waals surface area contributed by atoms with Crippen molar-refractivity contribution in [3.05, 3.63) is 47.2 Å². The van der Waals surface area contributed by atoms with Crippen LogP contribution in [0.2, 0.25) is 0 Å². The van der Waals surface area contributed by atoms with E-state index >= 15 is 0 Å². The molecule has 0 spiro atoms. The first kappa shape index (κ1) is 21.6. The van der Waals surface area contributed by atoms with Crippen molar-refractivity contribution in [1.29, 1.82) is 0 Å². The molecule has 8 heteroatoms. The Hall–Kier alpha value is -2.64. The minimum atomic E-state index is -0.286. The van der Waals surface area contributed by atoms with Gasteiger partial charge >= 0.3 is 6.09 Å². The molecular formula is C23H27ClN4O3. The predicted octanol–water partition coefficient (Wildman–Crippen LogP) is 3.47. The summed E-state index contributed by atoms with van der Waals surface area (Å²) in [5.74, 6) is 0.185. The second kappa shape index (κ2) is 9.24. The van der Waals surface area contributed by atoms with Crippen molar-refractivity contribution in [3.63, 3.8) is 0 Å². The quantitative estimate of drug-likeness (QED) is 0.708. The molecule has 4 aliphatic heterocycles. The summed E-state index contributed by atoms with van der Waals surface area (Å²) in [6, 6.07) is 5.82. The number of carbonyl (C=O) groups excluding carboxylic acids is 2. The molecule has 1 atom stereocenters. The van der Waals surface area contributed by atoms with Gasteiger partial charge in [-0.2, -0.15) is 0 Å². The molecule has 7 nitrogen and oxygen atoms in total. The fourth-order valence-electron chi connectivity index (χ4n) is 4.53. The number of likely N-dealkylation sites (tertiary alicyclic amines) is 1. The van der Waals surface area contributed by atoms with Crippen LogP contribution in [-0.2, 0) is 16.1 Å². The highest BCUT2D eigenvalue weighted by atomic mass is 35.5. The zero-order valence-electron chi connectivity index (χ0n) is 17.4. The van der Waals surface area contributed by atoms with E-state index in [1.165, 1.54) is 19.3 Å². The van der Waals surface area contributed by atoms with Crippen LogP contribution in [-0.4, -0.2) is 60.8 Å². The Morgan fingerprint density at radius 3 is 2.77 bits per heavy atom. The number of allylic oxidation sites excluding steroid dienone is 1. The van der Waals surface area contributed by atoms with Crippen molar-refractivity contribution in [2.24, 2.45) is 10.9 Å². The maximum atomic E-state index is 12.6. The van der Waals surface area contributed by atoms with Gasteiger partial charge in [0.05, 0.1) is 17.8 Å². The number of hydrogen-bond acceptors (Lipinski definition) is 5. The molecule has 4 heterocycles. The van der Waals surface area contributed by atoms with Gasteiger partial charge in [0.1, 0.15) is 6.61 Å². The number of ether oxygens (including phenoxy) is 1. The smallest absolute Gasteiger partial charge is 0.410 e. The lowest BCUT2D eigenvalue weighted by Crippen LogP contribution is -2.33. The van der Waals surface area contributed by atoms with Gasteiger partial charge in [-0.05, 0) is 55.8 Å². The second-order valence-corrected chi connectivity index (χ2v) is 8.32. The first-order valence-corrected chi connectivity index (χ1v) is 10.7. The van der Waals surface area contributed by atoms with Crippen molar-refractivity contribution < 1.29 is 14.3 Å². The van der Waals surface area contributed by atoms with Gasteiger partial charge in [-0.3, -0.25) is 9.79 Å². The molecule has 5 rings (SSSR count). The Bertz CT molecular complexity index is 966. The minimum Gasteiger partial charge on any atom is -0.448 e. The van der Waals surface area contributed by atoms with E-state index < -0.39 is 0 Å². The molecular weight excluding hydrogens is 416 g/mol. The number of benzene rings is 1. The van der Waals surface area contributed by atoms with Crippen LogP contribution in [0, 0.1) is 5.92 Å². The number of amides is 2. The largest absolute Gasteiger partial charge is 0.448 e. The highest BCUT2D eigenvalue weighted by Gasteiger charge is 2.27. The van der Waals surface area contributed by atoms with E-state index in [-0.39, 0.29) is 24.4 Å². The van der Waals surface area contributed by atoms with E-state index in [1.54, 1.807) is 4.90 Å². The Labute approximate surface area is 188 Å². The summed E-state index contributed by atoms with van der Waals surface area (Å²) in [7, 11) is 0. The normalized spacial score (nSPS) is 24.1. The molecule has 4 aliphatic rings. The van der Waals surface area contributed by atoms with Crippen LogP contribution < -0.4 is 5.32 Å². The predicted molar refractivity (Wildman–Crippen MR) is 122 cm³/mol. The average molecular weight is 443 g/mol. The SMILES string of the molecule is Cl.O=C1Nc2ccc(CN3CCOC3=O)cc2C1=CC1=CC(CN2CCCCC2)C=N1. The third-order valence-electron chi connectivity index (χ3n) is 6.10. The molecule has 0 saturated carbocycles. The van der Waals surface area contributed by atoms with E-state index in [0.29, 0.717) is 31.2 Å². The molecule has 1 N–H and O–H groups in total. The number of nitrogens with one attached hydrogen (secondary N) is 1. The summed E-state index contributed by atoms with van der Waals surface area (Å²) in [5.41, 5.74) is 4.09. The third kappa shape index (κ3) is 4.67. The van der Waals surface area contributed by atoms with E-state index in [9.17, 15) is 9.59 Å². The Kier molecular flexibility index (Phi) is 6.43. The summed E-state index contributed by atoms with van der Waals surface area (Å²) < 4.78 is 5.00. The first-order chi connectivity index (χ1) is 14.7. The second-order valence-electron chi connectivity index (χ2n) is 8.32. The Morgan fingerprint density at radius 1 is 1.16 bits per heavy atom. The number of halogens is 1. The fraction of sp³-hybridized carbons (Fsp3) is 0.435. The van der Waals surface area contributed by atoms with Crippen LogP contribution in [0.5, 0.6) is 0 Å². The molecule has 0 aliphatic carbocycles. The molecule has 31 heavy (non-hydrogen) atoms. The molecule has 2 amide bonds. The number of piperidine rings is 1. The third-order valence-corrected chi connectivity index (χ3v) is 6.10. The maximum Gasteiger partial charge on any atom is 0.410 e. The summed E-state index contributed by atoms with van der Waals surface area (Å²) in [4.78, 5) is 33.0. The number of anilines is 1. The van der Waals surface area contributed by atoms with Gasteiger partial charge in [0, 0.05) is 36.5 Å². The average Bonchev–Trinajstić information content (AvgIpc) is 3.44. The van der Waals surface area contributed by atoms with Crippen molar-refractivity contribution in [2.45, 2.75) is 25.8 Å². The number of hydrogen-bond donors (Lipinski definition) is 1. The number of nitrogens with zero attached hydrogens (tertiary/aromatic N) is 3. The molecule has 2 fully saturated rings. The number of cyclic esters (lactones) is 1. The highest BCUT2D eigenvalue weighted by Crippen LogP contribution is 2.34. The van der Waals surface area contributed by atoms with E-state index in [0.717, 1.165) is 42.1 Å². The van der Waals surface area contributed by atoms with Crippen LogP contribution >= 0.6 is 12.4 Å². The molecule has 1 aromatic carbocycles. The van der Waals surface area contributed by atoms with E-state index in [1.807, 2.05) is 30.5 Å². The van der Waals surface area contributed by atoms with Gasteiger partial charge in [0.25, 0.3) is 5.91 Å². The molecule has 164 valence electrons. The van der Waals surface area contributed by atoms with Crippen LogP contribution in [0.3, 0.4) is 0 Å². The molecule has 0 bridgehead atoms. The van der Waals surface area contributed by atoms with Gasteiger partial charge in [-0.1, -0.05) is 12.5 Å². The Balaban J connectivity index is 0.00000231. The zero-order valence-corrected chi connectivity index (χ0v) is 18.2. The standard InChI is InChI=1S/C23H26N4O3.ClH/c28-22-20(12-18-10-17(13-24-18)14-26-6-2-1-3-7-26)19-11-16(4-5-21(19)25-22)15-27-8-9-30-23(27)29;/h4-5,10-13,17H,1-3,6-9,14-15H2,(H,25,28);1H. The minimum absolute atomic E-state index is 0. The summed E-state index contributed by atoms with van der Waals surface area (Å²) in [5, 5.41) is 2.93. The maximum absolute atomic E-state index is 12.6. The monoisotopic (exact) mass is 442 g/mol. The van der Waals surface area contributed by atoms with Crippen molar-refractivity contribution in [1.82, 2.24) is 9.80 Å². The van der Waals surface area contributed by atoms with E-state index in [4.69, 9.17) is 4.74 Å². The lowest BCUT2D eigenvalue weighted by atomic mass is 10.0. The molecule has 2 saturated heterocycles. The van der Waals surface area contributed by atoms with Gasteiger partial charge in [0.15, 0.2) is 0 Å². The summed E-state index contributed by atoms with van der Waals surface area (Å²) >= 11 is 0. The molecule has 0 aromatic heterocycles. The number of aliphatic imine (C=N–C) groups is 1. The zero-order chi connectivity index (χ0) is 20.5. The summed E-state index contributed by atoms with van der Waals surface area (Å²) in [6.45, 7) is 4.83. The fourth-order valence-corrected chi connectivity index (χ4v) is 4.53. The molecule has 0 radical (unpaired) electrons. The molecule has 1 unspecified atom stereocenters. The number of fused-ring (bicyclic) bond motifs is 1. The number of rotatable bonds is 5. The highest BCUT2D eigenvalue weighted by molar-refractivity contribution is 6.32. The topological polar surface area (TPSA) is 74.2 Å². The van der Waals surface area contributed by atoms with Crippen LogP contribution in [0.25, 0.3) is 5.57 Å². The van der Waals surface area contributed by atoms with Crippen molar-refractivity contribution in [3.8, 4) is 0 Å². The van der Waals surface area contributed by atoms with Gasteiger partial charge in [-0.15, -0.1) is 12.4 Å². The lowest BCUT2D eigenvalue weighted by Gasteiger charge is -2.27. The number of carbonyl (C=O) groups is 2. The van der Waals surface area contributed by atoms with E-state index in [2.05, 4.69) is 21.3 Å². The van der Waals surface area contributed by atoms with Crippen molar-refractivity contribution >= 4 is 41.9 Å². The molecule has 1 aromatic rings. The van der Waals surface area contributed by atoms with Gasteiger partial charge < -0.3 is 19.9 Å². The summed E-state index contributed by atoms with van der Waals surface area (Å²) in [6.07, 6.45) is 9.62.